The normalized spacial score (nSPS) is 12.9. The Morgan fingerprint density at radius 3 is 1.46 bits per heavy atom. The predicted molar refractivity (Wildman–Crippen MR) is 107 cm³/mol. The molecular formula is C22H46O2. The van der Waals surface area contributed by atoms with E-state index in [4.69, 9.17) is 9.47 Å². The third kappa shape index (κ3) is 18.3. The van der Waals surface area contributed by atoms with Crippen molar-refractivity contribution in [1.82, 2.24) is 0 Å². The van der Waals surface area contributed by atoms with E-state index >= 15 is 0 Å². The van der Waals surface area contributed by atoms with Gasteiger partial charge in [0.1, 0.15) is 0 Å². The average molecular weight is 343 g/mol. The molecule has 0 aliphatic carbocycles. The van der Waals surface area contributed by atoms with Crippen LogP contribution in [0.25, 0.3) is 0 Å². The van der Waals surface area contributed by atoms with Crippen molar-refractivity contribution in [3.05, 3.63) is 0 Å². The van der Waals surface area contributed by atoms with Crippen LogP contribution in [0.4, 0.5) is 0 Å². The monoisotopic (exact) mass is 342 g/mol. The molecule has 0 aromatic heterocycles. The first kappa shape index (κ1) is 23.9. The molecule has 1 atom stereocenters. The largest absolute Gasteiger partial charge is 0.353 e. The molecule has 0 saturated carbocycles. The van der Waals surface area contributed by atoms with Crippen LogP contribution in [0.3, 0.4) is 0 Å². The van der Waals surface area contributed by atoms with Crippen LogP contribution in [0.15, 0.2) is 0 Å². The lowest BCUT2D eigenvalue weighted by Crippen LogP contribution is -2.21. The SMILES string of the molecule is CCCCCCCCCCCCCCCC(OCCC)OC(C)C. The summed E-state index contributed by atoms with van der Waals surface area (Å²) in [5.41, 5.74) is 0. The second-order valence-electron chi connectivity index (χ2n) is 7.52. The first-order valence-electron chi connectivity index (χ1n) is 11.0. The third-order valence-electron chi connectivity index (χ3n) is 4.48. The molecule has 0 saturated heterocycles. The molecule has 0 rings (SSSR count). The van der Waals surface area contributed by atoms with E-state index in [1.165, 1.54) is 83.5 Å². The van der Waals surface area contributed by atoms with Gasteiger partial charge in [-0.05, 0) is 33.1 Å². The molecule has 0 N–H and O–H groups in total. The van der Waals surface area contributed by atoms with Gasteiger partial charge in [0.05, 0.1) is 6.10 Å². The maximum atomic E-state index is 5.84. The van der Waals surface area contributed by atoms with Gasteiger partial charge in [-0.1, -0.05) is 90.9 Å². The van der Waals surface area contributed by atoms with Crippen LogP contribution < -0.4 is 0 Å². The summed E-state index contributed by atoms with van der Waals surface area (Å²) in [6.45, 7) is 9.43. The van der Waals surface area contributed by atoms with Crippen molar-refractivity contribution in [3.63, 3.8) is 0 Å². The number of unbranched alkanes of at least 4 members (excludes halogenated alkanes) is 12. The first-order chi connectivity index (χ1) is 11.7. The predicted octanol–water partition coefficient (Wildman–Crippen LogP) is 7.65. The quantitative estimate of drug-likeness (QED) is 0.177. The number of hydrogen-bond acceptors (Lipinski definition) is 2. The Kier molecular flexibility index (Phi) is 19.2. The molecule has 0 aliphatic rings. The summed E-state index contributed by atoms with van der Waals surface area (Å²) in [4.78, 5) is 0. The van der Waals surface area contributed by atoms with Crippen molar-refractivity contribution in [2.45, 2.75) is 136 Å². The maximum absolute atomic E-state index is 5.84. The van der Waals surface area contributed by atoms with E-state index < -0.39 is 0 Å². The Morgan fingerprint density at radius 1 is 0.583 bits per heavy atom. The Hall–Kier alpha value is -0.0800. The molecule has 1 unspecified atom stereocenters. The van der Waals surface area contributed by atoms with Crippen LogP contribution in [0.1, 0.15) is 124 Å². The molecule has 0 heterocycles. The van der Waals surface area contributed by atoms with Gasteiger partial charge in [-0.15, -0.1) is 0 Å². The lowest BCUT2D eigenvalue weighted by Gasteiger charge is -2.20. The van der Waals surface area contributed by atoms with Gasteiger partial charge in [0.15, 0.2) is 6.29 Å². The summed E-state index contributed by atoms with van der Waals surface area (Å²) >= 11 is 0. The van der Waals surface area contributed by atoms with Crippen LogP contribution in [0, 0.1) is 0 Å². The highest BCUT2D eigenvalue weighted by Crippen LogP contribution is 2.15. The summed E-state index contributed by atoms with van der Waals surface area (Å²) in [7, 11) is 0. The van der Waals surface area contributed by atoms with Crippen molar-refractivity contribution in [2.75, 3.05) is 6.61 Å². The van der Waals surface area contributed by atoms with Crippen LogP contribution in [0.2, 0.25) is 0 Å². The molecule has 0 radical (unpaired) electrons. The Bertz CT molecular complexity index is 228. The lowest BCUT2D eigenvalue weighted by molar-refractivity contribution is -0.166. The fraction of sp³-hybridized carbons (Fsp3) is 1.00. The number of hydrogen-bond donors (Lipinski definition) is 0. The Balaban J connectivity index is 3.32. The van der Waals surface area contributed by atoms with Gasteiger partial charge >= 0.3 is 0 Å². The molecular weight excluding hydrogens is 296 g/mol. The second kappa shape index (κ2) is 19.2. The molecule has 2 nitrogen and oxygen atoms in total. The number of ether oxygens (including phenoxy) is 2. The zero-order valence-corrected chi connectivity index (χ0v) is 17.3. The van der Waals surface area contributed by atoms with Crippen LogP contribution in [-0.2, 0) is 9.47 Å². The van der Waals surface area contributed by atoms with Gasteiger partial charge in [0, 0.05) is 6.61 Å². The van der Waals surface area contributed by atoms with Gasteiger partial charge in [-0.25, -0.2) is 0 Å². The van der Waals surface area contributed by atoms with Crippen molar-refractivity contribution in [2.24, 2.45) is 0 Å². The molecule has 0 fully saturated rings. The van der Waals surface area contributed by atoms with E-state index in [-0.39, 0.29) is 12.4 Å². The molecule has 2 heteroatoms. The van der Waals surface area contributed by atoms with Gasteiger partial charge in [0.25, 0.3) is 0 Å². The summed E-state index contributed by atoms with van der Waals surface area (Å²) in [5, 5.41) is 0. The van der Waals surface area contributed by atoms with Gasteiger partial charge in [-0.2, -0.15) is 0 Å². The first-order valence-corrected chi connectivity index (χ1v) is 11.0. The lowest BCUT2D eigenvalue weighted by atomic mass is 10.0. The standard InChI is InChI=1S/C22H46O2/c1-5-7-8-9-10-11-12-13-14-15-16-17-18-19-22(23-20-6-2)24-21(3)4/h21-22H,5-20H2,1-4H3. The van der Waals surface area contributed by atoms with Gasteiger partial charge in [-0.3, -0.25) is 0 Å². The average Bonchev–Trinajstić information content (AvgIpc) is 2.56. The summed E-state index contributed by atoms with van der Waals surface area (Å²) in [5.74, 6) is 0. The van der Waals surface area contributed by atoms with E-state index in [1.54, 1.807) is 0 Å². The maximum Gasteiger partial charge on any atom is 0.157 e. The van der Waals surface area contributed by atoms with E-state index in [9.17, 15) is 0 Å². The van der Waals surface area contributed by atoms with Crippen LogP contribution in [0.5, 0.6) is 0 Å². The fourth-order valence-electron chi connectivity index (χ4n) is 3.07. The van der Waals surface area contributed by atoms with Gasteiger partial charge < -0.3 is 9.47 Å². The zero-order chi connectivity index (χ0) is 17.9. The van der Waals surface area contributed by atoms with E-state index in [1.807, 2.05) is 0 Å². The summed E-state index contributed by atoms with van der Waals surface area (Å²) < 4.78 is 11.6. The minimum Gasteiger partial charge on any atom is -0.353 e. The Morgan fingerprint density at radius 2 is 1.04 bits per heavy atom. The molecule has 0 spiro atoms. The fourth-order valence-corrected chi connectivity index (χ4v) is 3.07. The zero-order valence-electron chi connectivity index (χ0n) is 17.3. The molecule has 146 valence electrons. The Labute approximate surface area is 153 Å². The molecule has 24 heavy (non-hydrogen) atoms. The molecule has 0 aromatic rings. The smallest absolute Gasteiger partial charge is 0.157 e. The molecule has 0 bridgehead atoms. The number of rotatable bonds is 19. The highest BCUT2D eigenvalue weighted by molar-refractivity contribution is 4.52. The molecule has 0 aromatic carbocycles. The van der Waals surface area contributed by atoms with Gasteiger partial charge in [0.2, 0.25) is 0 Å². The van der Waals surface area contributed by atoms with Crippen molar-refractivity contribution >= 4 is 0 Å². The highest BCUT2D eigenvalue weighted by atomic mass is 16.7. The van der Waals surface area contributed by atoms with Crippen molar-refractivity contribution in [3.8, 4) is 0 Å². The highest BCUT2D eigenvalue weighted by Gasteiger charge is 2.10. The van der Waals surface area contributed by atoms with Crippen LogP contribution in [-0.4, -0.2) is 19.0 Å². The summed E-state index contributed by atoms with van der Waals surface area (Å²) in [6.07, 6.45) is 20.6. The summed E-state index contributed by atoms with van der Waals surface area (Å²) in [6, 6.07) is 0. The van der Waals surface area contributed by atoms with E-state index in [0.29, 0.717) is 0 Å². The topological polar surface area (TPSA) is 18.5 Å². The minimum atomic E-state index is 0.0117. The van der Waals surface area contributed by atoms with E-state index in [2.05, 4.69) is 27.7 Å². The third-order valence-corrected chi connectivity index (χ3v) is 4.48. The van der Waals surface area contributed by atoms with Crippen molar-refractivity contribution in [1.29, 1.82) is 0 Å². The molecule has 0 amide bonds. The van der Waals surface area contributed by atoms with Crippen LogP contribution >= 0.6 is 0 Å². The van der Waals surface area contributed by atoms with E-state index in [0.717, 1.165) is 19.4 Å². The second-order valence-corrected chi connectivity index (χ2v) is 7.52. The van der Waals surface area contributed by atoms with Crippen molar-refractivity contribution < 1.29 is 9.47 Å². The molecule has 0 aliphatic heterocycles. The minimum absolute atomic E-state index is 0.0117.